The molecule has 2 heterocycles. The van der Waals surface area contributed by atoms with Gasteiger partial charge in [0.2, 0.25) is 0 Å². The molecule has 2 nitrogen and oxygen atoms in total. The molecule has 2 aliphatic rings. The second-order valence-electron chi connectivity index (χ2n) is 4.45. The second-order valence-corrected chi connectivity index (χ2v) is 4.72. The first-order valence-corrected chi connectivity index (χ1v) is 6.02. The van der Waals surface area contributed by atoms with Crippen LogP contribution >= 0.6 is 11.6 Å². The van der Waals surface area contributed by atoms with Crippen molar-refractivity contribution < 1.29 is 0 Å². The van der Waals surface area contributed by atoms with Crippen molar-refractivity contribution in [1.82, 2.24) is 9.80 Å². The highest BCUT2D eigenvalue weighted by Crippen LogP contribution is 2.21. The normalized spacial score (nSPS) is 29.1. The first-order chi connectivity index (χ1) is 6.79. The summed E-state index contributed by atoms with van der Waals surface area (Å²) in [5.41, 5.74) is 1.15. The van der Waals surface area contributed by atoms with Gasteiger partial charge in [-0.15, -0.1) is 11.6 Å². The molecular weight excluding hydrogens is 196 g/mol. The van der Waals surface area contributed by atoms with E-state index in [-0.39, 0.29) is 0 Å². The zero-order chi connectivity index (χ0) is 9.97. The van der Waals surface area contributed by atoms with Gasteiger partial charge in [-0.05, 0) is 25.0 Å². The maximum atomic E-state index is 5.75. The van der Waals surface area contributed by atoms with Crippen molar-refractivity contribution in [3.8, 4) is 0 Å². The molecule has 2 rings (SSSR count). The van der Waals surface area contributed by atoms with Gasteiger partial charge in [0.05, 0.1) is 0 Å². The van der Waals surface area contributed by atoms with Gasteiger partial charge in [-0.1, -0.05) is 6.58 Å². The summed E-state index contributed by atoms with van der Waals surface area (Å²) in [6, 6.07) is 0.812. The van der Waals surface area contributed by atoms with Crippen molar-refractivity contribution in [3.63, 3.8) is 0 Å². The summed E-state index contributed by atoms with van der Waals surface area (Å²) in [5.74, 6) is 0.602. The summed E-state index contributed by atoms with van der Waals surface area (Å²) in [4.78, 5) is 5.12. The molecule has 0 amide bonds. The van der Waals surface area contributed by atoms with Gasteiger partial charge >= 0.3 is 0 Å². The lowest BCUT2D eigenvalue weighted by molar-refractivity contribution is 0.112. The molecule has 0 saturated carbocycles. The molecule has 1 atom stereocenters. The Kier molecular flexibility index (Phi) is 3.47. The molecule has 0 radical (unpaired) electrons. The van der Waals surface area contributed by atoms with Crippen LogP contribution in [0.25, 0.3) is 0 Å². The first-order valence-electron chi connectivity index (χ1n) is 5.48. The minimum absolute atomic E-state index is 0.602. The highest BCUT2D eigenvalue weighted by molar-refractivity contribution is 6.19. The molecule has 0 aliphatic carbocycles. The molecule has 2 aliphatic heterocycles. The molecule has 2 fully saturated rings. The minimum atomic E-state index is 0.602. The number of hydrogen-bond donors (Lipinski definition) is 0. The van der Waals surface area contributed by atoms with Crippen LogP contribution in [0.3, 0.4) is 0 Å². The molecule has 2 saturated heterocycles. The summed E-state index contributed by atoms with van der Waals surface area (Å²) >= 11 is 5.75. The van der Waals surface area contributed by atoms with E-state index in [4.69, 9.17) is 11.6 Å². The smallest absolute Gasteiger partial charge is 0.0443 e. The average molecular weight is 215 g/mol. The van der Waals surface area contributed by atoms with Crippen molar-refractivity contribution in [2.75, 3.05) is 38.6 Å². The zero-order valence-electron chi connectivity index (χ0n) is 8.71. The number of alkyl halides is 1. The maximum Gasteiger partial charge on any atom is 0.0443 e. The molecule has 80 valence electrons. The van der Waals surface area contributed by atoms with E-state index in [1.165, 1.54) is 39.0 Å². The van der Waals surface area contributed by atoms with Crippen molar-refractivity contribution >= 4 is 11.6 Å². The molecule has 14 heavy (non-hydrogen) atoms. The van der Waals surface area contributed by atoms with Gasteiger partial charge in [0.1, 0.15) is 0 Å². The van der Waals surface area contributed by atoms with Crippen LogP contribution in [0.4, 0.5) is 0 Å². The van der Waals surface area contributed by atoms with E-state index >= 15 is 0 Å². The van der Waals surface area contributed by atoms with Crippen LogP contribution in [0.2, 0.25) is 0 Å². The molecule has 3 heteroatoms. The minimum Gasteiger partial charge on any atom is -0.298 e. The van der Waals surface area contributed by atoms with Crippen molar-refractivity contribution in [3.05, 3.63) is 12.2 Å². The van der Waals surface area contributed by atoms with Crippen LogP contribution in [0.5, 0.6) is 0 Å². The molecule has 0 aromatic heterocycles. The third kappa shape index (κ3) is 2.30. The van der Waals surface area contributed by atoms with Gasteiger partial charge < -0.3 is 0 Å². The first kappa shape index (κ1) is 10.5. The Bertz CT molecular complexity index is 217. The molecule has 0 aromatic carbocycles. The van der Waals surface area contributed by atoms with Crippen LogP contribution < -0.4 is 0 Å². The number of nitrogens with zero attached hydrogens (tertiary/aromatic N) is 2. The Morgan fingerprint density at radius 2 is 2.21 bits per heavy atom. The van der Waals surface area contributed by atoms with E-state index in [2.05, 4.69) is 16.4 Å². The monoisotopic (exact) mass is 214 g/mol. The van der Waals surface area contributed by atoms with E-state index in [1.807, 2.05) is 0 Å². The number of rotatable bonds is 3. The summed E-state index contributed by atoms with van der Waals surface area (Å²) < 4.78 is 0. The number of piperazine rings is 1. The SMILES string of the molecule is C=C(CCl)CN1CCN2CCCC2C1. The van der Waals surface area contributed by atoms with Gasteiger partial charge in [-0.3, -0.25) is 9.80 Å². The van der Waals surface area contributed by atoms with Crippen LogP contribution in [0.1, 0.15) is 12.8 Å². The maximum absolute atomic E-state index is 5.75. The Morgan fingerprint density at radius 3 is 3.00 bits per heavy atom. The lowest BCUT2D eigenvalue weighted by Crippen LogP contribution is -2.50. The number of fused-ring (bicyclic) bond motifs is 1. The fourth-order valence-corrected chi connectivity index (χ4v) is 2.64. The molecule has 1 unspecified atom stereocenters. The fourth-order valence-electron chi connectivity index (χ4n) is 2.56. The van der Waals surface area contributed by atoms with Crippen LogP contribution in [-0.4, -0.2) is 54.4 Å². The summed E-state index contributed by atoms with van der Waals surface area (Å²) in [7, 11) is 0. The van der Waals surface area contributed by atoms with Gasteiger partial charge in [-0.25, -0.2) is 0 Å². The number of halogens is 1. The van der Waals surface area contributed by atoms with Crippen molar-refractivity contribution in [1.29, 1.82) is 0 Å². The lowest BCUT2D eigenvalue weighted by atomic mass is 10.1. The highest BCUT2D eigenvalue weighted by atomic mass is 35.5. The van der Waals surface area contributed by atoms with E-state index in [9.17, 15) is 0 Å². The van der Waals surface area contributed by atoms with E-state index in [0.717, 1.165) is 18.2 Å². The van der Waals surface area contributed by atoms with Gasteiger partial charge in [0.15, 0.2) is 0 Å². The third-order valence-corrected chi connectivity index (χ3v) is 3.69. The molecular formula is C11H19ClN2. The Balaban J connectivity index is 1.82. The highest BCUT2D eigenvalue weighted by Gasteiger charge is 2.30. The number of hydrogen-bond acceptors (Lipinski definition) is 2. The quantitative estimate of drug-likeness (QED) is 0.520. The Labute approximate surface area is 91.5 Å². The van der Waals surface area contributed by atoms with E-state index in [1.54, 1.807) is 0 Å². The topological polar surface area (TPSA) is 6.48 Å². The van der Waals surface area contributed by atoms with Crippen LogP contribution in [0.15, 0.2) is 12.2 Å². The Hall–Kier alpha value is -0.0500. The summed E-state index contributed by atoms with van der Waals surface area (Å²) in [6.07, 6.45) is 2.76. The molecule has 0 aromatic rings. The fraction of sp³-hybridized carbons (Fsp3) is 0.818. The van der Waals surface area contributed by atoms with Crippen molar-refractivity contribution in [2.45, 2.75) is 18.9 Å². The Morgan fingerprint density at radius 1 is 1.36 bits per heavy atom. The molecule has 0 bridgehead atoms. The van der Waals surface area contributed by atoms with Crippen LogP contribution in [-0.2, 0) is 0 Å². The third-order valence-electron chi connectivity index (χ3n) is 3.31. The zero-order valence-corrected chi connectivity index (χ0v) is 9.47. The van der Waals surface area contributed by atoms with E-state index in [0.29, 0.717) is 5.88 Å². The van der Waals surface area contributed by atoms with Gasteiger partial charge in [0, 0.05) is 38.1 Å². The summed E-state index contributed by atoms with van der Waals surface area (Å²) in [5, 5.41) is 0. The van der Waals surface area contributed by atoms with Crippen LogP contribution in [0, 0.1) is 0 Å². The lowest BCUT2D eigenvalue weighted by Gasteiger charge is -2.37. The standard InChI is InChI=1S/C11H19ClN2/c1-10(7-12)8-13-5-6-14-4-2-3-11(14)9-13/h11H,1-9H2. The van der Waals surface area contributed by atoms with Gasteiger partial charge in [-0.2, -0.15) is 0 Å². The van der Waals surface area contributed by atoms with Crippen molar-refractivity contribution in [2.24, 2.45) is 0 Å². The largest absolute Gasteiger partial charge is 0.298 e. The average Bonchev–Trinajstić information content (AvgIpc) is 2.64. The van der Waals surface area contributed by atoms with Gasteiger partial charge in [0.25, 0.3) is 0 Å². The second kappa shape index (κ2) is 4.65. The summed E-state index contributed by atoms with van der Waals surface area (Å²) in [6.45, 7) is 9.92. The van der Waals surface area contributed by atoms with E-state index < -0.39 is 0 Å². The predicted octanol–water partition coefficient (Wildman–Crippen LogP) is 1.56. The molecule has 0 spiro atoms. The predicted molar refractivity (Wildman–Crippen MR) is 60.9 cm³/mol. The molecule has 0 N–H and O–H groups in total.